The number of halogens is 1. The van der Waals surface area contributed by atoms with Crippen LogP contribution in [-0.2, 0) is 16.1 Å². The van der Waals surface area contributed by atoms with E-state index in [4.69, 9.17) is 10.5 Å². The molecule has 0 saturated carbocycles. The van der Waals surface area contributed by atoms with Gasteiger partial charge in [-0.25, -0.2) is 0 Å². The van der Waals surface area contributed by atoms with Crippen LogP contribution in [0.1, 0.15) is 12.0 Å². The van der Waals surface area contributed by atoms with Gasteiger partial charge < -0.3 is 15.8 Å². The second-order valence-corrected chi connectivity index (χ2v) is 5.42. The number of rotatable bonds is 6. The van der Waals surface area contributed by atoms with Crippen LogP contribution in [-0.4, -0.2) is 12.5 Å². The molecule has 2 aromatic carbocycles. The number of carbonyl (C=O) groups excluding carboxylic acids is 1. The lowest BCUT2D eigenvalue weighted by Gasteiger charge is -2.07. The van der Waals surface area contributed by atoms with Crippen molar-refractivity contribution in [3.8, 4) is 0 Å². The van der Waals surface area contributed by atoms with Crippen LogP contribution in [0.4, 0.5) is 11.4 Å². The van der Waals surface area contributed by atoms with Crippen molar-refractivity contribution in [2.24, 2.45) is 0 Å². The predicted octanol–water partition coefficient (Wildman–Crippen LogP) is 3.58. The molecule has 0 atom stereocenters. The van der Waals surface area contributed by atoms with Crippen molar-refractivity contribution >= 4 is 33.2 Å². The van der Waals surface area contributed by atoms with Gasteiger partial charge in [0.05, 0.1) is 19.6 Å². The molecule has 21 heavy (non-hydrogen) atoms. The number of benzene rings is 2. The van der Waals surface area contributed by atoms with Gasteiger partial charge in [-0.05, 0) is 35.9 Å². The van der Waals surface area contributed by atoms with Gasteiger partial charge in [0, 0.05) is 15.8 Å². The fourth-order valence-electron chi connectivity index (χ4n) is 1.75. The van der Waals surface area contributed by atoms with E-state index in [0.29, 0.717) is 25.3 Å². The number of hydrogen-bond acceptors (Lipinski definition) is 3. The van der Waals surface area contributed by atoms with E-state index in [9.17, 15) is 4.79 Å². The lowest BCUT2D eigenvalue weighted by Crippen LogP contribution is -2.14. The van der Waals surface area contributed by atoms with E-state index in [-0.39, 0.29) is 5.91 Å². The van der Waals surface area contributed by atoms with Gasteiger partial charge in [-0.1, -0.05) is 34.1 Å². The van der Waals surface area contributed by atoms with E-state index < -0.39 is 0 Å². The minimum Gasteiger partial charge on any atom is -0.399 e. The first kappa shape index (κ1) is 15.5. The fourth-order valence-corrected chi connectivity index (χ4v) is 2.15. The average Bonchev–Trinajstić information content (AvgIpc) is 2.48. The zero-order valence-corrected chi connectivity index (χ0v) is 13.1. The molecule has 2 aromatic rings. The number of nitrogens with one attached hydrogen (secondary N) is 1. The molecule has 0 aromatic heterocycles. The summed E-state index contributed by atoms with van der Waals surface area (Å²) in [5.41, 5.74) is 8.06. The number of anilines is 2. The van der Waals surface area contributed by atoms with Crippen LogP contribution >= 0.6 is 15.9 Å². The van der Waals surface area contributed by atoms with Gasteiger partial charge in [-0.3, -0.25) is 4.79 Å². The SMILES string of the molecule is Nc1ccc(NC(=O)CCOCc2ccccc2Br)cc1. The lowest BCUT2D eigenvalue weighted by molar-refractivity contribution is -0.117. The Morgan fingerprint density at radius 2 is 1.86 bits per heavy atom. The quantitative estimate of drug-likeness (QED) is 0.619. The van der Waals surface area contributed by atoms with E-state index in [2.05, 4.69) is 21.2 Å². The largest absolute Gasteiger partial charge is 0.399 e. The lowest BCUT2D eigenvalue weighted by atomic mass is 10.2. The van der Waals surface area contributed by atoms with Gasteiger partial charge in [-0.2, -0.15) is 0 Å². The number of carbonyl (C=O) groups is 1. The smallest absolute Gasteiger partial charge is 0.226 e. The molecular formula is C16H17BrN2O2. The van der Waals surface area contributed by atoms with Gasteiger partial charge in [0.15, 0.2) is 0 Å². The van der Waals surface area contributed by atoms with Crippen molar-refractivity contribution in [1.82, 2.24) is 0 Å². The summed E-state index contributed by atoms with van der Waals surface area (Å²) in [6.07, 6.45) is 0.314. The van der Waals surface area contributed by atoms with E-state index >= 15 is 0 Å². The summed E-state index contributed by atoms with van der Waals surface area (Å²) in [4.78, 5) is 11.7. The van der Waals surface area contributed by atoms with Gasteiger partial charge >= 0.3 is 0 Å². The highest BCUT2D eigenvalue weighted by molar-refractivity contribution is 9.10. The molecule has 0 aliphatic carbocycles. The zero-order valence-electron chi connectivity index (χ0n) is 11.5. The van der Waals surface area contributed by atoms with E-state index in [0.717, 1.165) is 15.7 Å². The Morgan fingerprint density at radius 1 is 1.14 bits per heavy atom. The molecule has 3 N–H and O–H groups in total. The minimum absolute atomic E-state index is 0.0769. The number of hydrogen-bond donors (Lipinski definition) is 2. The molecule has 110 valence electrons. The zero-order chi connectivity index (χ0) is 15.1. The van der Waals surface area contributed by atoms with Crippen LogP contribution in [0.25, 0.3) is 0 Å². The summed E-state index contributed by atoms with van der Waals surface area (Å²) in [7, 11) is 0. The summed E-state index contributed by atoms with van der Waals surface area (Å²) in [6, 6.07) is 14.9. The molecule has 0 aliphatic rings. The van der Waals surface area contributed by atoms with Crippen LogP contribution < -0.4 is 11.1 Å². The van der Waals surface area contributed by atoms with Crippen LogP contribution in [0.15, 0.2) is 53.0 Å². The number of amides is 1. The molecule has 0 radical (unpaired) electrons. The standard InChI is InChI=1S/C16H17BrN2O2/c17-15-4-2-1-3-12(15)11-21-10-9-16(20)19-14-7-5-13(18)6-8-14/h1-8H,9-11,18H2,(H,19,20). The first-order valence-corrected chi connectivity index (χ1v) is 7.41. The Hall–Kier alpha value is -1.85. The summed E-state index contributed by atoms with van der Waals surface area (Å²) < 4.78 is 6.53. The molecule has 0 bridgehead atoms. The van der Waals surface area contributed by atoms with Crippen LogP contribution in [0, 0.1) is 0 Å². The predicted molar refractivity (Wildman–Crippen MR) is 87.9 cm³/mol. The van der Waals surface area contributed by atoms with Crippen molar-refractivity contribution in [2.45, 2.75) is 13.0 Å². The fraction of sp³-hybridized carbons (Fsp3) is 0.188. The molecule has 5 heteroatoms. The molecule has 4 nitrogen and oxygen atoms in total. The molecule has 0 fully saturated rings. The minimum atomic E-state index is -0.0769. The van der Waals surface area contributed by atoms with E-state index in [1.807, 2.05) is 24.3 Å². The Morgan fingerprint density at radius 3 is 2.57 bits per heavy atom. The Balaban J connectivity index is 1.70. The topological polar surface area (TPSA) is 64.3 Å². The third kappa shape index (κ3) is 5.21. The Labute approximate surface area is 132 Å². The molecule has 0 heterocycles. The summed E-state index contributed by atoms with van der Waals surface area (Å²) in [6.45, 7) is 0.860. The van der Waals surface area contributed by atoms with Gasteiger partial charge in [0.2, 0.25) is 5.91 Å². The monoisotopic (exact) mass is 348 g/mol. The van der Waals surface area contributed by atoms with Crippen molar-refractivity contribution in [2.75, 3.05) is 17.7 Å². The maximum atomic E-state index is 11.7. The molecule has 2 rings (SSSR count). The first-order chi connectivity index (χ1) is 10.1. The molecule has 0 unspecified atom stereocenters. The second kappa shape index (κ2) is 7.81. The van der Waals surface area contributed by atoms with Gasteiger partial charge in [-0.15, -0.1) is 0 Å². The molecule has 0 aliphatic heterocycles. The highest BCUT2D eigenvalue weighted by Gasteiger charge is 2.03. The summed E-state index contributed by atoms with van der Waals surface area (Å²) in [5.74, 6) is -0.0769. The van der Waals surface area contributed by atoms with Crippen LogP contribution in [0.5, 0.6) is 0 Å². The van der Waals surface area contributed by atoms with Crippen LogP contribution in [0.3, 0.4) is 0 Å². The van der Waals surface area contributed by atoms with E-state index in [1.54, 1.807) is 24.3 Å². The van der Waals surface area contributed by atoms with Crippen molar-refractivity contribution in [3.63, 3.8) is 0 Å². The first-order valence-electron chi connectivity index (χ1n) is 6.61. The third-order valence-electron chi connectivity index (χ3n) is 2.88. The number of nitrogens with two attached hydrogens (primary N) is 1. The summed E-state index contributed by atoms with van der Waals surface area (Å²) in [5, 5.41) is 2.80. The molecule has 1 amide bonds. The molecule has 0 spiro atoms. The number of ether oxygens (including phenoxy) is 1. The average molecular weight is 349 g/mol. The highest BCUT2D eigenvalue weighted by atomic mass is 79.9. The Bertz CT molecular complexity index is 599. The van der Waals surface area contributed by atoms with Crippen molar-refractivity contribution in [3.05, 3.63) is 58.6 Å². The molecule has 0 saturated heterocycles. The van der Waals surface area contributed by atoms with Crippen molar-refractivity contribution in [1.29, 1.82) is 0 Å². The van der Waals surface area contributed by atoms with Gasteiger partial charge in [0.25, 0.3) is 0 Å². The van der Waals surface area contributed by atoms with Crippen LogP contribution in [0.2, 0.25) is 0 Å². The van der Waals surface area contributed by atoms with E-state index in [1.165, 1.54) is 0 Å². The van der Waals surface area contributed by atoms with Gasteiger partial charge in [0.1, 0.15) is 0 Å². The maximum Gasteiger partial charge on any atom is 0.226 e. The summed E-state index contributed by atoms with van der Waals surface area (Å²) >= 11 is 3.46. The molecular weight excluding hydrogens is 332 g/mol. The highest BCUT2D eigenvalue weighted by Crippen LogP contribution is 2.16. The Kier molecular flexibility index (Phi) is 5.78. The third-order valence-corrected chi connectivity index (χ3v) is 3.66. The van der Waals surface area contributed by atoms with Crippen molar-refractivity contribution < 1.29 is 9.53 Å². The number of nitrogen functional groups attached to an aromatic ring is 1. The normalized spacial score (nSPS) is 10.3. The second-order valence-electron chi connectivity index (χ2n) is 4.56. The maximum absolute atomic E-state index is 11.7.